The van der Waals surface area contributed by atoms with Crippen LogP contribution in [0.2, 0.25) is 0 Å². The Kier molecular flexibility index (Phi) is 76.4. The monoisotopic (exact) mass is 2140 g/mol. The van der Waals surface area contributed by atoms with Gasteiger partial charge in [0.1, 0.15) is 79.4 Å². The minimum absolute atomic E-state index is 0. The largest absolute Gasteiger partial charge is 1.00 e. The van der Waals surface area contributed by atoms with Crippen LogP contribution in [0.15, 0.2) is 24.3 Å². The maximum absolute atomic E-state index is 13.0. The van der Waals surface area contributed by atoms with E-state index in [2.05, 4.69) is 54.4 Å². The van der Waals surface area contributed by atoms with Crippen LogP contribution in [0.5, 0.6) is 0 Å². The van der Waals surface area contributed by atoms with Crippen molar-refractivity contribution in [1.82, 2.24) is 0 Å². The number of benzene rings is 1. The molecule has 4 heterocycles. The van der Waals surface area contributed by atoms with Crippen molar-refractivity contribution in [3.8, 4) is 0 Å². The van der Waals surface area contributed by atoms with Gasteiger partial charge in [-0.15, -0.1) is 0 Å². The van der Waals surface area contributed by atoms with Crippen molar-refractivity contribution < 1.29 is 645 Å². The van der Waals surface area contributed by atoms with Gasteiger partial charge in [0, 0.05) is 0 Å². The molecule has 0 aromatic heterocycles. The van der Waals surface area contributed by atoms with E-state index in [4.69, 9.17) is 37.9 Å². The third-order valence-electron chi connectivity index (χ3n) is 13.1. The zero-order valence-electron chi connectivity index (χ0n) is 64.3. The van der Waals surface area contributed by atoms with Gasteiger partial charge in [0.15, 0.2) is 43.5 Å². The van der Waals surface area contributed by atoms with Crippen molar-refractivity contribution >= 4 is 135 Å². The van der Waals surface area contributed by atoms with Crippen LogP contribution in [-0.2, 0) is 240 Å². The summed E-state index contributed by atoms with van der Waals surface area (Å²) >= 11 is 0. The second kappa shape index (κ2) is 62.0. The molecule has 4 fully saturated rings. The summed E-state index contributed by atoms with van der Waals surface area (Å²) in [5.41, 5.74) is 0.434. The average molecular weight is 2140 g/mol. The fourth-order valence-corrected chi connectivity index (χ4v) is 15.2. The first-order valence-electron chi connectivity index (χ1n) is 27.0. The van der Waals surface area contributed by atoms with Crippen molar-refractivity contribution in [2.75, 3.05) is 26.4 Å². The number of rotatable bonds is 42. The van der Waals surface area contributed by atoms with E-state index in [1.54, 1.807) is 6.92 Å². The van der Waals surface area contributed by atoms with E-state index in [9.17, 15) is 169 Å². The van der Waals surface area contributed by atoms with Gasteiger partial charge in [-0.1, -0.05) is 37.6 Å². The molecule has 4 aliphatic heterocycles. The molecule has 5 rings (SSSR count). The Morgan fingerprint density at radius 3 is 0.669 bits per heavy atom. The molecule has 1 aromatic rings. The fraction of sp³-hybridized carbons (Fsp3) is 0.829. The molecule has 86 heteroatoms. The molecule has 0 unspecified atom stereocenters. The quantitative estimate of drug-likeness (QED) is 0.0333. The minimum Gasteiger partial charge on any atom is -0.726 e. The van der Waals surface area contributed by atoms with Crippen molar-refractivity contribution in [3.63, 3.8) is 0 Å². The van der Waals surface area contributed by atoms with Gasteiger partial charge in [0.2, 0.25) is 135 Å². The van der Waals surface area contributed by atoms with Gasteiger partial charge < -0.3 is 97.1 Å². The topological polar surface area (TPSA) is 937 Å². The van der Waals surface area contributed by atoms with Gasteiger partial charge in [0.25, 0.3) is 0 Å². The van der Waals surface area contributed by atoms with E-state index >= 15 is 0 Å². The van der Waals surface area contributed by atoms with E-state index in [-0.39, 0.29) is 390 Å². The summed E-state index contributed by atoms with van der Waals surface area (Å²) in [4.78, 5) is 0. The molecule has 634 valence electrons. The first-order valence-corrected chi connectivity index (χ1v) is 44.3. The molecule has 121 heavy (non-hydrogen) atoms. The Hall–Kier alpha value is 10.2. The Labute approximate surface area is 979 Å². The maximum Gasteiger partial charge on any atom is 1.00 e. The van der Waals surface area contributed by atoms with E-state index < -0.39 is 291 Å². The molecule has 4 aliphatic rings. The van der Waals surface area contributed by atoms with Crippen LogP contribution in [0.1, 0.15) is 30.9 Å². The molecule has 0 spiro atoms. The molecular formula is C35H43Na13O60S13. The SMILES string of the molecule is CCCCc1ccc(CO[C@H]2O[C@H](COS(=O)(=O)[O-])[C@@H](OS(=O)(=O)[O-])[C@H](OS(=O)(=O)[O-])[C@@H]2O[C@H]2O[C@H](COS(=O)(=O)[O-])[C@@H](OS(=O)(=O)[O-])[C@H](O[C@H]3O[C@H](COS(=O)(=O)[O-])[C@@H](OS(=O)(=O)[O-])[C@H](O[C@H]4O[C@H](COS(=O)(=O)[O-])[C@@H](OS(=O)(=O)[O-])[C@H](OS(=O)(=O)[O-])[C@@H]4OS(=O)(=O)[O-])[C@@H]3OS(=O)(=O)[O-])[C@@H]2OS(=O)(=O)[O-])cc1.[Na+].[Na+].[Na+].[Na+].[Na+].[Na+].[Na+].[Na+].[Na+].[Na+].[Na+].[Na+].[Na+]. The molecule has 0 amide bonds. The summed E-state index contributed by atoms with van der Waals surface area (Å²) < 4.78 is 576. The zero-order chi connectivity index (χ0) is 82.5. The molecule has 4 saturated heterocycles. The van der Waals surface area contributed by atoms with Gasteiger partial charge >= 0.3 is 384 Å². The smallest absolute Gasteiger partial charge is 0.726 e. The van der Waals surface area contributed by atoms with Crippen LogP contribution in [-0.4, -0.2) is 318 Å². The van der Waals surface area contributed by atoms with Crippen molar-refractivity contribution in [1.29, 1.82) is 0 Å². The summed E-state index contributed by atoms with van der Waals surface area (Å²) in [5, 5.41) is 0. The summed E-state index contributed by atoms with van der Waals surface area (Å²) in [7, 11) is -88.0. The van der Waals surface area contributed by atoms with Gasteiger partial charge in [-0.05, 0) is 24.0 Å². The van der Waals surface area contributed by atoms with Crippen LogP contribution in [0.3, 0.4) is 0 Å². The first-order chi connectivity index (χ1) is 48.5. The Morgan fingerprint density at radius 2 is 0.438 bits per heavy atom. The standard InChI is InChI=1S/C35H56O60S13.13Na/c1-2-3-4-14-5-7-15(8-6-14)9-75-32-28(26(91-104(60,61)62)22(89-102(54,55)56)18(80-32)12-78-98(42,43)44)86-34-30(94-107(69,70)71)25(21(88-101(51,52)53)17(82-34)11-77-97(39,40)41)84-33-29(93-106(66,67)68)24(20(87-100(48,49)50)16(81-33)10-76-96(36,37)38)85-35-31(95-108(72,73)74)27(92-105(63,64)65)23(90-103(57,58)59)19(83-35)13-79-99(45,46)47;;;;;;;;;;;;;/h5-8,16-35H,2-4,9-13H2,1H3,(H,36,37,38)(H,39,40,41)(H,42,43,44)(H,45,46,47)(H,48,49,50)(H,51,52,53)(H,54,55,56)(H,57,58,59)(H,60,61,62)(H,63,64,65)(H,66,67,68)(H,69,70,71)(H,72,73,74);;;;;;;;;;;;;/q;13*+1/p-13/t16-,17-,18-,19-,20-,21-,22-,23-,24+,25+,26+,27+,28+,29+,30+,31+,32+,33-,34-,35-;;;;;;;;;;;;;/m1............./s1. The van der Waals surface area contributed by atoms with E-state index in [0.717, 1.165) is 0 Å². The normalized spacial score (nSPS) is 27.6. The summed E-state index contributed by atoms with van der Waals surface area (Å²) in [5.74, 6) is 0. The number of hydrogen-bond donors (Lipinski definition) is 0. The van der Waals surface area contributed by atoms with Crippen LogP contribution in [0, 0.1) is 0 Å². The van der Waals surface area contributed by atoms with E-state index in [1.807, 2.05) is 0 Å². The molecule has 60 nitrogen and oxygen atoms in total. The predicted molar refractivity (Wildman–Crippen MR) is 293 cm³/mol. The molecule has 0 radical (unpaired) electrons. The Bertz CT molecular complexity index is 4880. The molecule has 1 aromatic carbocycles. The Morgan fingerprint density at radius 1 is 0.248 bits per heavy atom. The minimum atomic E-state index is -7.21. The van der Waals surface area contributed by atoms with Gasteiger partial charge in [-0.2, -0.15) is 0 Å². The zero-order valence-corrected chi connectivity index (χ0v) is 101. The molecular weight excluding hydrogens is 2100 g/mol. The van der Waals surface area contributed by atoms with Crippen LogP contribution in [0.4, 0.5) is 0 Å². The maximum atomic E-state index is 13.0. The fourth-order valence-electron chi connectivity index (χ4n) is 9.61. The second-order valence-corrected chi connectivity index (χ2v) is 34.0. The van der Waals surface area contributed by atoms with Gasteiger partial charge in [-0.3, -0.25) is 54.4 Å². The number of unbranched alkanes of at least 4 members (excludes halogenated alkanes) is 1. The first kappa shape index (κ1) is 149. The molecule has 0 N–H and O–H groups in total. The third-order valence-corrected chi connectivity index (χ3v) is 18.9. The number of hydrogen-bond acceptors (Lipinski definition) is 60. The number of ether oxygens (including phenoxy) is 8. The van der Waals surface area contributed by atoms with Gasteiger partial charge in [0.05, 0.1) is 33.0 Å². The van der Waals surface area contributed by atoms with Crippen LogP contribution in [0.25, 0.3) is 0 Å². The van der Waals surface area contributed by atoms with Crippen molar-refractivity contribution in [2.24, 2.45) is 0 Å². The van der Waals surface area contributed by atoms with Crippen LogP contribution >= 0.6 is 0 Å². The second-order valence-electron chi connectivity index (χ2n) is 20.7. The summed E-state index contributed by atoms with van der Waals surface area (Å²) in [6.07, 6.45) is -74.1. The summed E-state index contributed by atoms with van der Waals surface area (Å²) in [6, 6.07) is 5.15. The van der Waals surface area contributed by atoms with E-state index in [1.165, 1.54) is 24.3 Å². The Balaban J connectivity index is -0.00000138. The average Bonchev–Trinajstić information content (AvgIpc) is 0.750. The van der Waals surface area contributed by atoms with Crippen LogP contribution < -0.4 is 384 Å². The summed E-state index contributed by atoms with van der Waals surface area (Å²) in [6.45, 7) is -8.88. The van der Waals surface area contributed by atoms with Crippen molar-refractivity contribution in [2.45, 2.75) is 156 Å². The van der Waals surface area contributed by atoms with Gasteiger partial charge in [-0.25, -0.2) is 109 Å². The molecule has 20 atom stereocenters. The van der Waals surface area contributed by atoms with E-state index in [0.29, 0.717) is 24.8 Å². The molecule has 0 bridgehead atoms. The molecule has 0 saturated carbocycles. The molecule has 0 aliphatic carbocycles. The van der Waals surface area contributed by atoms with Crippen molar-refractivity contribution in [3.05, 3.63) is 35.4 Å². The number of aryl methyl sites for hydroxylation is 1. The third kappa shape index (κ3) is 59.2. The predicted octanol–water partition coefficient (Wildman–Crippen LogP) is -51.8.